The zero-order chi connectivity index (χ0) is 40.1. The van der Waals surface area contributed by atoms with E-state index in [2.05, 4.69) is 187 Å². The first-order chi connectivity index (χ1) is 30.2. The molecule has 11 aromatic rings. The second kappa shape index (κ2) is 13.0. The molecule has 0 bridgehead atoms. The van der Waals surface area contributed by atoms with Crippen molar-refractivity contribution in [3.8, 4) is 44.9 Å². The number of benzene rings is 9. The first-order valence-corrected chi connectivity index (χ1v) is 20.7. The summed E-state index contributed by atoms with van der Waals surface area (Å²) >= 11 is 0. The maximum Gasteiger partial charge on any atom is 0.178 e. The molecule has 3 heterocycles. The lowest BCUT2D eigenvalue weighted by Gasteiger charge is -2.37. The molecule has 13 rings (SSSR count). The quantitative estimate of drug-likeness (QED) is 0.174. The number of hydrogen-bond acceptors (Lipinski definition) is 4. The second-order valence-corrected chi connectivity index (χ2v) is 16.0. The summed E-state index contributed by atoms with van der Waals surface area (Å²) in [4.78, 5) is 2.30. The summed E-state index contributed by atoms with van der Waals surface area (Å²) in [6, 6.07) is 75.2. The van der Waals surface area contributed by atoms with Gasteiger partial charge < -0.3 is 18.5 Å². The lowest BCUT2D eigenvalue weighted by atomic mass is 9.69. The van der Waals surface area contributed by atoms with E-state index in [4.69, 9.17) is 13.6 Å². The van der Waals surface area contributed by atoms with Crippen molar-refractivity contribution in [3.63, 3.8) is 0 Å². The Kier molecular flexibility index (Phi) is 7.19. The number of rotatable bonds is 5. The van der Waals surface area contributed by atoms with Gasteiger partial charge in [-0.25, -0.2) is 0 Å². The summed E-state index contributed by atoms with van der Waals surface area (Å²) in [5.41, 5.74) is 15.3. The van der Waals surface area contributed by atoms with Crippen LogP contribution in [0.25, 0.3) is 66.3 Å². The van der Waals surface area contributed by atoms with Gasteiger partial charge in [0.25, 0.3) is 0 Å². The van der Waals surface area contributed by atoms with Gasteiger partial charge in [-0.05, 0) is 93.0 Å². The van der Waals surface area contributed by atoms with Crippen LogP contribution in [0.2, 0.25) is 0 Å². The Labute approximate surface area is 352 Å². The fourth-order valence-corrected chi connectivity index (χ4v) is 10.0. The van der Waals surface area contributed by atoms with Gasteiger partial charge in [-0.15, -0.1) is 0 Å². The van der Waals surface area contributed by atoms with Crippen LogP contribution < -0.4 is 9.64 Å². The van der Waals surface area contributed by atoms with E-state index in [1.165, 1.54) is 33.4 Å². The Morgan fingerprint density at radius 3 is 1.56 bits per heavy atom. The fourth-order valence-electron chi connectivity index (χ4n) is 10.0. The molecule has 1 aliphatic carbocycles. The Morgan fingerprint density at radius 1 is 0.344 bits per heavy atom. The highest BCUT2D eigenvalue weighted by Crippen LogP contribution is 2.64. The van der Waals surface area contributed by atoms with E-state index in [9.17, 15) is 0 Å². The lowest BCUT2D eigenvalue weighted by Crippen LogP contribution is -2.31. The standard InChI is InChI=1S/C57H35NO3/c1-2-12-36(13-3-1)37-22-24-38(25-23-37)39-26-28-40(29-27-39)58(41-30-32-46-45-16-6-10-20-51(45)59-53(46)34-41)42-31-33-50-54(35-42)60-55-47-17-7-11-21-52(47)61-56(55)57(50)48-18-8-4-14-43(48)44-15-5-9-19-49(44)57/h1-35H. The number of hydrogen-bond donors (Lipinski definition) is 0. The van der Waals surface area contributed by atoms with Crippen molar-refractivity contribution in [2.45, 2.75) is 5.41 Å². The van der Waals surface area contributed by atoms with Gasteiger partial charge in [0, 0.05) is 45.5 Å². The van der Waals surface area contributed by atoms with Crippen LogP contribution in [-0.2, 0) is 5.41 Å². The molecule has 0 N–H and O–H groups in total. The average Bonchev–Trinajstić information content (AvgIpc) is 3.98. The highest BCUT2D eigenvalue weighted by atomic mass is 16.5. The Morgan fingerprint density at radius 2 is 0.852 bits per heavy atom. The van der Waals surface area contributed by atoms with Gasteiger partial charge in [0.15, 0.2) is 11.5 Å². The van der Waals surface area contributed by atoms with Gasteiger partial charge in [0.2, 0.25) is 0 Å². The van der Waals surface area contributed by atoms with Crippen molar-refractivity contribution in [1.29, 1.82) is 0 Å². The van der Waals surface area contributed by atoms with Crippen LogP contribution in [-0.4, -0.2) is 0 Å². The molecule has 61 heavy (non-hydrogen) atoms. The molecule has 2 aliphatic rings. The smallest absolute Gasteiger partial charge is 0.178 e. The Hall–Kier alpha value is -8.08. The van der Waals surface area contributed by atoms with E-state index in [0.717, 1.165) is 83.9 Å². The highest BCUT2D eigenvalue weighted by molar-refractivity contribution is 6.06. The minimum atomic E-state index is -0.719. The molecule has 0 saturated heterocycles. The predicted molar refractivity (Wildman–Crippen MR) is 246 cm³/mol. The average molecular weight is 782 g/mol. The number of para-hydroxylation sites is 2. The normalized spacial score (nSPS) is 13.2. The van der Waals surface area contributed by atoms with Crippen LogP contribution in [0.3, 0.4) is 0 Å². The molecular formula is C57H35NO3. The lowest BCUT2D eigenvalue weighted by molar-refractivity contribution is 0.389. The third-order valence-electron chi connectivity index (χ3n) is 12.8. The van der Waals surface area contributed by atoms with E-state index in [0.29, 0.717) is 0 Å². The zero-order valence-electron chi connectivity index (χ0n) is 32.9. The molecule has 0 amide bonds. The summed E-state index contributed by atoms with van der Waals surface area (Å²) in [6.45, 7) is 0. The first kappa shape index (κ1) is 33.8. The van der Waals surface area contributed by atoms with Gasteiger partial charge >= 0.3 is 0 Å². The van der Waals surface area contributed by atoms with E-state index in [1.54, 1.807) is 0 Å². The van der Waals surface area contributed by atoms with Crippen LogP contribution in [0.1, 0.15) is 22.5 Å². The first-order valence-electron chi connectivity index (χ1n) is 20.7. The Bertz CT molecular complexity index is 3460. The van der Waals surface area contributed by atoms with Crippen LogP contribution in [0, 0.1) is 0 Å². The van der Waals surface area contributed by atoms with Crippen molar-refractivity contribution in [1.82, 2.24) is 0 Å². The van der Waals surface area contributed by atoms with Crippen LogP contribution in [0.5, 0.6) is 11.5 Å². The summed E-state index contributed by atoms with van der Waals surface area (Å²) in [6.07, 6.45) is 0. The molecule has 0 saturated carbocycles. The summed E-state index contributed by atoms with van der Waals surface area (Å²) < 4.78 is 20.5. The number of furan rings is 2. The number of ether oxygens (including phenoxy) is 1. The van der Waals surface area contributed by atoms with E-state index >= 15 is 0 Å². The van der Waals surface area contributed by atoms with E-state index in [-0.39, 0.29) is 0 Å². The molecule has 0 unspecified atom stereocenters. The molecule has 1 aliphatic heterocycles. The largest absolute Gasteiger partial charge is 0.456 e. The molecule has 1 spiro atoms. The van der Waals surface area contributed by atoms with E-state index < -0.39 is 5.41 Å². The van der Waals surface area contributed by atoms with Crippen molar-refractivity contribution < 1.29 is 13.6 Å². The van der Waals surface area contributed by atoms with Crippen molar-refractivity contribution in [2.24, 2.45) is 0 Å². The third-order valence-corrected chi connectivity index (χ3v) is 12.8. The zero-order valence-corrected chi connectivity index (χ0v) is 32.9. The van der Waals surface area contributed by atoms with Gasteiger partial charge in [0.1, 0.15) is 27.9 Å². The molecule has 9 aromatic carbocycles. The van der Waals surface area contributed by atoms with Crippen LogP contribution >= 0.6 is 0 Å². The molecule has 0 atom stereocenters. The van der Waals surface area contributed by atoms with Crippen LogP contribution in [0.15, 0.2) is 221 Å². The van der Waals surface area contributed by atoms with Crippen molar-refractivity contribution in [3.05, 3.63) is 235 Å². The third kappa shape index (κ3) is 4.93. The molecule has 286 valence electrons. The monoisotopic (exact) mass is 781 g/mol. The topological polar surface area (TPSA) is 38.8 Å². The number of fused-ring (bicyclic) bond motifs is 14. The van der Waals surface area contributed by atoms with Gasteiger partial charge in [-0.2, -0.15) is 0 Å². The molecule has 2 aromatic heterocycles. The Balaban J connectivity index is 0.992. The van der Waals surface area contributed by atoms with Crippen LogP contribution in [0.4, 0.5) is 17.1 Å². The highest BCUT2D eigenvalue weighted by Gasteiger charge is 2.54. The summed E-state index contributed by atoms with van der Waals surface area (Å²) in [5.74, 6) is 2.35. The van der Waals surface area contributed by atoms with E-state index in [1.807, 2.05) is 30.3 Å². The molecule has 0 radical (unpaired) electrons. The maximum absolute atomic E-state index is 7.10. The molecule has 0 fully saturated rings. The molecule has 4 heteroatoms. The molecule has 4 nitrogen and oxygen atoms in total. The van der Waals surface area contributed by atoms with Crippen molar-refractivity contribution in [2.75, 3.05) is 4.90 Å². The fraction of sp³-hybridized carbons (Fsp3) is 0.0175. The van der Waals surface area contributed by atoms with Gasteiger partial charge in [-0.1, -0.05) is 152 Å². The minimum absolute atomic E-state index is 0.719. The predicted octanol–water partition coefficient (Wildman–Crippen LogP) is 15.6. The SMILES string of the molecule is c1ccc(-c2ccc(-c3ccc(N(c4ccc5c(c4)Oc4c(oc6ccccc46)C54c5ccccc5-c5ccccc54)c4ccc5c(c4)oc4ccccc45)cc3)cc2)cc1. The number of nitrogens with zero attached hydrogens (tertiary/aromatic N) is 1. The summed E-state index contributed by atoms with van der Waals surface area (Å²) in [5, 5.41) is 3.14. The maximum atomic E-state index is 7.10. The second-order valence-electron chi connectivity index (χ2n) is 16.0. The van der Waals surface area contributed by atoms with Gasteiger partial charge in [0.05, 0.1) is 5.39 Å². The minimum Gasteiger partial charge on any atom is -0.456 e. The van der Waals surface area contributed by atoms with Crippen molar-refractivity contribution >= 4 is 50.0 Å². The molecular weight excluding hydrogens is 747 g/mol. The summed E-state index contributed by atoms with van der Waals surface area (Å²) in [7, 11) is 0. The van der Waals surface area contributed by atoms with Gasteiger partial charge in [-0.3, -0.25) is 0 Å². The number of anilines is 3.